The largest absolute Gasteiger partial charge is 0.481 e. The van der Waals surface area contributed by atoms with Crippen LogP contribution in [0.15, 0.2) is 0 Å². The van der Waals surface area contributed by atoms with Crippen molar-refractivity contribution in [2.75, 3.05) is 5.32 Å². The highest BCUT2D eigenvalue weighted by Gasteiger charge is 2.22. The first-order chi connectivity index (χ1) is 8.67. The van der Waals surface area contributed by atoms with E-state index in [1.165, 1.54) is 11.5 Å². The fourth-order valence-electron chi connectivity index (χ4n) is 1.83. The molecule has 0 aliphatic heterocycles. The monoisotopic (exact) mass is 285 g/mol. The molecule has 2 N–H and O–H groups in total. The molecule has 1 rings (SSSR count). The molecule has 0 fully saturated rings. The van der Waals surface area contributed by atoms with Crippen LogP contribution >= 0.6 is 11.5 Å². The molecule has 0 aliphatic rings. The summed E-state index contributed by atoms with van der Waals surface area (Å²) in [5.41, 5.74) is 0.0681. The average Bonchev–Trinajstić information content (AvgIpc) is 2.62. The Labute approximate surface area is 118 Å². The van der Waals surface area contributed by atoms with Crippen LogP contribution in [0.25, 0.3) is 0 Å². The van der Waals surface area contributed by atoms with Crippen molar-refractivity contribution in [1.82, 2.24) is 9.36 Å². The van der Waals surface area contributed by atoms with Gasteiger partial charge in [-0.3, -0.25) is 4.79 Å². The van der Waals surface area contributed by atoms with Gasteiger partial charge in [0, 0.05) is 23.5 Å². The number of aromatic nitrogens is 2. The summed E-state index contributed by atoms with van der Waals surface area (Å²) in [6.45, 7) is 10.4. The number of aliphatic carboxylic acids is 1. The predicted octanol–water partition coefficient (Wildman–Crippen LogP) is 3.35. The Kier molecular flexibility index (Phi) is 5.29. The van der Waals surface area contributed by atoms with E-state index in [1.807, 2.05) is 13.8 Å². The number of carboxylic acids is 1. The highest BCUT2D eigenvalue weighted by atomic mass is 32.1. The van der Waals surface area contributed by atoms with Crippen molar-refractivity contribution in [2.24, 2.45) is 5.41 Å². The zero-order valence-corrected chi connectivity index (χ0v) is 13.0. The molecule has 108 valence electrons. The van der Waals surface area contributed by atoms with Gasteiger partial charge >= 0.3 is 5.97 Å². The van der Waals surface area contributed by atoms with Gasteiger partial charge in [-0.05, 0) is 11.8 Å². The van der Waals surface area contributed by atoms with Crippen molar-refractivity contribution < 1.29 is 9.90 Å². The van der Waals surface area contributed by atoms with Gasteiger partial charge in [0.05, 0.1) is 6.42 Å². The summed E-state index contributed by atoms with van der Waals surface area (Å²) in [7, 11) is 0. The van der Waals surface area contributed by atoms with Crippen LogP contribution in [0.2, 0.25) is 0 Å². The second kappa shape index (κ2) is 6.32. The smallest absolute Gasteiger partial charge is 0.305 e. The molecule has 0 bridgehead atoms. The van der Waals surface area contributed by atoms with Crippen LogP contribution < -0.4 is 5.32 Å². The number of hydrogen-bond acceptors (Lipinski definition) is 5. The number of nitrogens with one attached hydrogen (secondary N) is 1. The number of carboxylic acid groups (broad SMARTS) is 1. The van der Waals surface area contributed by atoms with Gasteiger partial charge in [0.15, 0.2) is 0 Å². The molecular formula is C13H23N3O2S. The number of rotatable bonds is 6. The van der Waals surface area contributed by atoms with E-state index in [-0.39, 0.29) is 23.8 Å². The summed E-state index contributed by atoms with van der Waals surface area (Å²) >= 11 is 1.29. The van der Waals surface area contributed by atoms with E-state index in [0.29, 0.717) is 5.13 Å². The Bertz CT molecular complexity index is 424. The molecule has 0 aromatic carbocycles. The van der Waals surface area contributed by atoms with Gasteiger partial charge in [-0.2, -0.15) is 4.37 Å². The van der Waals surface area contributed by atoms with E-state index in [1.54, 1.807) is 0 Å². The lowest BCUT2D eigenvalue weighted by Crippen LogP contribution is -2.28. The zero-order chi connectivity index (χ0) is 14.6. The van der Waals surface area contributed by atoms with E-state index >= 15 is 0 Å². The third-order valence-electron chi connectivity index (χ3n) is 2.57. The van der Waals surface area contributed by atoms with Crippen LogP contribution in [0.1, 0.15) is 59.2 Å². The maximum Gasteiger partial charge on any atom is 0.305 e. The fraction of sp³-hybridized carbons (Fsp3) is 0.769. The van der Waals surface area contributed by atoms with E-state index in [2.05, 4.69) is 35.4 Å². The zero-order valence-electron chi connectivity index (χ0n) is 12.2. The maximum atomic E-state index is 10.9. The lowest BCUT2D eigenvalue weighted by atomic mass is 9.87. The molecular weight excluding hydrogens is 262 g/mol. The van der Waals surface area contributed by atoms with Crippen LogP contribution in [-0.4, -0.2) is 26.5 Å². The second-order valence-electron chi connectivity index (χ2n) is 6.32. The summed E-state index contributed by atoms with van der Waals surface area (Å²) in [5, 5.41) is 12.9. The van der Waals surface area contributed by atoms with Gasteiger partial charge in [-0.15, -0.1) is 0 Å². The molecule has 19 heavy (non-hydrogen) atoms. The first kappa shape index (κ1) is 15.9. The van der Waals surface area contributed by atoms with Crippen LogP contribution in [0.3, 0.4) is 0 Å². The SMILES string of the molecule is CC(C)c1nsc(NC(CC(=O)O)CC(C)(C)C)n1. The van der Waals surface area contributed by atoms with Crippen molar-refractivity contribution in [3.8, 4) is 0 Å². The third kappa shape index (κ3) is 6.00. The van der Waals surface area contributed by atoms with E-state index in [9.17, 15) is 4.79 Å². The Morgan fingerprint density at radius 3 is 2.47 bits per heavy atom. The number of anilines is 1. The molecule has 1 atom stereocenters. The first-order valence-corrected chi connectivity index (χ1v) is 7.26. The minimum absolute atomic E-state index is 0.0681. The summed E-state index contributed by atoms with van der Waals surface area (Å²) in [6, 6.07) is -0.120. The molecule has 5 nitrogen and oxygen atoms in total. The highest BCUT2D eigenvalue weighted by molar-refractivity contribution is 7.09. The topological polar surface area (TPSA) is 75.1 Å². The summed E-state index contributed by atoms with van der Waals surface area (Å²) in [5.74, 6) is 0.292. The second-order valence-corrected chi connectivity index (χ2v) is 7.07. The van der Waals surface area contributed by atoms with Crippen LogP contribution in [-0.2, 0) is 4.79 Å². The Morgan fingerprint density at radius 2 is 2.05 bits per heavy atom. The van der Waals surface area contributed by atoms with Gasteiger partial charge in [-0.1, -0.05) is 34.6 Å². The minimum Gasteiger partial charge on any atom is -0.481 e. The Balaban J connectivity index is 2.72. The molecule has 1 unspecified atom stereocenters. The average molecular weight is 285 g/mol. The summed E-state index contributed by atoms with van der Waals surface area (Å²) in [4.78, 5) is 15.3. The third-order valence-corrected chi connectivity index (χ3v) is 3.23. The number of nitrogens with zero attached hydrogens (tertiary/aromatic N) is 2. The minimum atomic E-state index is -0.796. The van der Waals surface area contributed by atoms with Gasteiger partial charge in [-0.25, -0.2) is 4.98 Å². The van der Waals surface area contributed by atoms with Gasteiger partial charge in [0.2, 0.25) is 5.13 Å². The molecule has 0 amide bonds. The number of hydrogen-bond donors (Lipinski definition) is 2. The van der Waals surface area contributed by atoms with Crippen molar-refractivity contribution in [3.05, 3.63) is 5.82 Å². The Hall–Kier alpha value is -1.17. The van der Waals surface area contributed by atoms with Crippen LogP contribution in [0, 0.1) is 5.41 Å². The molecule has 0 saturated carbocycles. The molecule has 1 heterocycles. The van der Waals surface area contributed by atoms with Gasteiger partial charge in [0.25, 0.3) is 0 Å². The molecule has 6 heteroatoms. The van der Waals surface area contributed by atoms with Crippen molar-refractivity contribution in [1.29, 1.82) is 0 Å². The molecule has 0 aliphatic carbocycles. The molecule has 0 saturated heterocycles. The lowest BCUT2D eigenvalue weighted by Gasteiger charge is -2.25. The molecule has 0 spiro atoms. The molecule has 0 radical (unpaired) electrons. The normalized spacial score (nSPS) is 13.6. The lowest BCUT2D eigenvalue weighted by molar-refractivity contribution is -0.137. The summed E-state index contributed by atoms with van der Waals surface area (Å²) < 4.78 is 4.27. The first-order valence-electron chi connectivity index (χ1n) is 6.49. The highest BCUT2D eigenvalue weighted by Crippen LogP contribution is 2.26. The van der Waals surface area contributed by atoms with E-state index in [0.717, 1.165) is 12.2 Å². The fourth-order valence-corrected chi connectivity index (χ4v) is 2.61. The Morgan fingerprint density at radius 1 is 1.42 bits per heavy atom. The van der Waals surface area contributed by atoms with Crippen molar-refractivity contribution in [2.45, 2.75) is 59.4 Å². The standard InChI is InChI=1S/C13H23N3O2S/c1-8(2)11-15-12(19-16-11)14-9(6-10(17)18)7-13(3,4)5/h8-9H,6-7H2,1-5H3,(H,17,18)(H,14,15,16). The molecule has 1 aromatic rings. The van der Waals surface area contributed by atoms with E-state index in [4.69, 9.17) is 5.11 Å². The van der Waals surface area contributed by atoms with Gasteiger partial charge < -0.3 is 10.4 Å². The maximum absolute atomic E-state index is 10.9. The number of carbonyl (C=O) groups is 1. The van der Waals surface area contributed by atoms with E-state index < -0.39 is 5.97 Å². The van der Waals surface area contributed by atoms with Crippen molar-refractivity contribution in [3.63, 3.8) is 0 Å². The quantitative estimate of drug-likeness (QED) is 0.838. The molecule has 1 aromatic heterocycles. The van der Waals surface area contributed by atoms with Crippen LogP contribution in [0.5, 0.6) is 0 Å². The van der Waals surface area contributed by atoms with Gasteiger partial charge in [0.1, 0.15) is 5.82 Å². The van der Waals surface area contributed by atoms with Crippen molar-refractivity contribution >= 4 is 22.6 Å². The predicted molar refractivity (Wildman–Crippen MR) is 77.7 cm³/mol. The summed E-state index contributed by atoms with van der Waals surface area (Å²) in [6.07, 6.45) is 0.865. The van der Waals surface area contributed by atoms with Crippen LogP contribution in [0.4, 0.5) is 5.13 Å².